The lowest BCUT2D eigenvalue weighted by atomic mass is 10.0. The molecular weight excluding hydrogens is 404 g/mol. The van der Waals surface area contributed by atoms with Gasteiger partial charge >= 0.3 is 0 Å². The highest BCUT2D eigenvalue weighted by atomic mass is 16.2. The summed E-state index contributed by atoms with van der Waals surface area (Å²) in [5.41, 5.74) is 1.68. The van der Waals surface area contributed by atoms with Crippen LogP contribution in [-0.4, -0.2) is 35.5 Å². The van der Waals surface area contributed by atoms with Crippen molar-refractivity contribution in [2.45, 2.75) is 25.9 Å². The Bertz CT molecular complexity index is 1020. The monoisotopic (exact) mass is 428 g/mol. The highest BCUT2D eigenvalue weighted by Crippen LogP contribution is 2.09. The largest absolute Gasteiger partial charge is 0.342 e. The summed E-state index contributed by atoms with van der Waals surface area (Å²) in [6.45, 7) is 3.25. The van der Waals surface area contributed by atoms with Gasteiger partial charge in [0.25, 0.3) is 11.8 Å². The van der Waals surface area contributed by atoms with Gasteiger partial charge in [-0.1, -0.05) is 60.7 Å². The van der Waals surface area contributed by atoms with Crippen molar-refractivity contribution < 1.29 is 19.2 Å². The van der Waals surface area contributed by atoms with Gasteiger partial charge in [0.15, 0.2) is 11.6 Å². The van der Waals surface area contributed by atoms with Crippen molar-refractivity contribution in [2.24, 2.45) is 0 Å². The lowest BCUT2D eigenvalue weighted by Crippen LogP contribution is -2.39. The molecule has 0 fully saturated rings. The fourth-order valence-electron chi connectivity index (χ4n) is 3.17. The van der Waals surface area contributed by atoms with E-state index in [4.69, 9.17) is 0 Å². The van der Waals surface area contributed by atoms with Crippen molar-refractivity contribution in [2.75, 3.05) is 0 Å². The number of rotatable bonds is 8. The van der Waals surface area contributed by atoms with E-state index < -0.39 is 23.9 Å². The molecule has 0 bridgehead atoms. The quantitative estimate of drug-likeness (QED) is 0.535. The van der Waals surface area contributed by atoms with Crippen LogP contribution in [0, 0.1) is 0 Å². The molecule has 0 aromatic heterocycles. The summed E-state index contributed by atoms with van der Waals surface area (Å²) in [7, 11) is 0. The normalized spacial score (nSPS) is 12.3. The van der Waals surface area contributed by atoms with Gasteiger partial charge in [0.05, 0.1) is 12.1 Å². The maximum atomic E-state index is 12.5. The summed E-state index contributed by atoms with van der Waals surface area (Å²) in [6.07, 6.45) is 0. The summed E-state index contributed by atoms with van der Waals surface area (Å²) >= 11 is 0. The molecule has 0 saturated carbocycles. The maximum absolute atomic E-state index is 12.5. The Morgan fingerprint density at radius 2 is 0.812 bits per heavy atom. The van der Waals surface area contributed by atoms with Gasteiger partial charge in [-0.3, -0.25) is 19.2 Å². The number of ketones is 2. The molecule has 32 heavy (non-hydrogen) atoms. The third-order valence-corrected chi connectivity index (χ3v) is 5.01. The molecular formula is C26H24N2O4. The first kappa shape index (κ1) is 22.6. The molecule has 0 saturated heterocycles. The highest BCUT2D eigenvalue weighted by Gasteiger charge is 2.20. The minimum atomic E-state index is -0.697. The zero-order valence-electron chi connectivity index (χ0n) is 17.9. The van der Waals surface area contributed by atoms with Gasteiger partial charge in [0, 0.05) is 22.3 Å². The van der Waals surface area contributed by atoms with Crippen LogP contribution in [0.1, 0.15) is 55.3 Å². The summed E-state index contributed by atoms with van der Waals surface area (Å²) in [6, 6.07) is 22.1. The molecule has 2 N–H and O–H groups in total. The van der Waals surface area contributed by atoms with Crippen LogP contribution in [-0.2, 0) is 0 Å². The van der Waals surface area contributed by atoms with Gasteiger partial charge in [-0.25, -0.2) is 0 Å². The average molecular weight is 428 g/mol. The molecule has 3 aromatic rings. The minimum absolute atomic E-state index is 0.188. The van der Waals surface area contributed by atoms with Crippen molar-refractivity contribution in [3.63, 3.8) is 0 Å². The number of benzene rings is 3. The van der Waals surface area contributed by atoms with Crippen molar-refractivity contribution in [3.8, 4) is 0 Å². The molecule has 0 spiro atoms. The first-order chi connectivity index (χ1) is 15.4. The summed E-state index contributed by atoms with van der Waals surface area (Å²) in [5, 5.41) is 5.35. The van der Waals surface area contributed by atoms with Gasteiger partial charge in [-0.2, -0.15) is 0 Å². The summed E-state index contributed by atoms with van der Waals surface area (Å²) in [4.78, 5) is 49.8. The SMILES string of the molecule is CC(NC(=O)c1ccc(C(=O)NC(C)C(=O)c2ccccc2)cc1)C(=O)c1ccccc1. The van der Waals surface area contributed by atoms with E-state index in [9.17, 15) is 19.2 Å². The Hall–Kier alpha value is -4.06. The van der Waals surface area contributed by atoms with E-state index in [1.807, 2.05) is 12.1 Å². The molecule has 0 aliphatic carbocycles. The number of amides is 2. The van der Waals surface area contributed by atoms with E-state index in [0.717, 1.165) is 0 Å². The van der Waals surface area contributed by atoms with Gasteiger partial charge in [0.2, 0.25) is 0 Å². The van der Waals surface area contributed by atoms with E-state index in [1.165, 1.54) is 24.3 Å². The fraction of sp³-hybridized carbons (Fsp3) is 0.154. The third kappa shape index (κ3) is 5.55. The Morgan fingerprint density at radius 1 is 0.500 bits per heavy atom. The van der Waals surface area contributed by atoms with Crippen molar-refractivity contribution in [3.05, 3.63) is 107 Å². The van der Waals surface area contributed by atoms with Gasteiger partial charge in [-0.15, -0.1) is 0 Å². The maximum Gasteiger partial charge on any atom is 0.251 e. The van der Waals surface area contributed by atoms with E-state index in [-0.39, 0.29) is 11.6 Å². The highest BCUT2D eigenvalue weighted by molar-refractivity contribution is 6.05. The van der Waals surface area contributed by atoms with Crippen LogP contribution in [0.4, 0.5) is 0 Å². The van der Waals surface area contributed by atoms with Crippen LogP contribution in [0.2, 0.25) is 0 Å². The van der Waals surface area contributed by atoms with Crippen LogP contribution in [0.15, 0.2) is 84.9 Å². The molecule has 0 aliphatic heterocycles. The van der Waals surface area contributed by atoms with Crippen molar-refractivity contribution in [1.82, 2.24) is 10.6 Å². The minimum Gasteiger partial charge on any atom is -0.342 e. The second kappa shape index (κ2) is 10.3. The van der Waals surface area contributed by atoms with Crippen LogP contribution >= 0.6 is 0 Å². The van der Waals surface area contributed by atoms with Crippen molar-refractivity contribution >= 4 is 23.4 Å². The molecule has 3 aromatic carbocycles. The predicted molar refractivity (Wildman–Crippen MR) is 122 cm³/mol. The number of Topliss-reactive ketones (excluding diaryl/α,β-unsaturated/α-hetero) is 2. The molecule has 0 aliphatic rings. The summed E-state index contributed by atoms with van der Waals surface area (Å²) < 4.78 is 0. The van der Waals surface area contributed by atoms with Crippen LogP contribution in [0.25, 0.3) is 0 Å². The van der Waals surface area contributed by atoms with Gasteiger partial charge in [-0.05, 0) is 38.1 Å². The van der Waals surface area contributed by atoms with Crippen LogP contribution in [0.3, 0.4) is 0 Å². The number of hydrogen-bond acceptors (Lipinski definition) is 4. The second-order valence-corrected chi connectivity index (χ2v) is 7.43. The fourth-order valence-corrected chi connectivity index (χ4v) is 3.17. The molecule has 6 nitrogen and oxygen atoms in total. The first-order valence-electron chi connectivity index (χ1n) is 10.3. The number of nitrogens with one attached hydrogen (secondary N) is 2. The molecule has 2 amide bonds. The molecule has 6 heteroatoms. The molecule has 162 valence electrons. The average Bonchev–Trinajstić information content (AvgIpc) is 2.84. The van der Waals surface area contributed by atoms with E-state index >= 15 is 0 Å². The third-order valence-electron chi connectivity index (χ3n) is 5.01. The predicted octanol–water partition coefficient (Wildman–Crippen LogP) is 3.69. The first-order valence-corrected chi connectivity index (χ1v) is 10.3. The molecule has 0 heterocycles. The number of carbonyl (C=O) groups is 4. The van der Waals surface area contributed by atoms with Crippen LogP contribution in [0.5, 0.6) is 0 Å². The Balaban J connectivity index is 1.59. The van der Waals surface area contributed by atoms with E-state index in [0.29, 0.717) is 22.3 Å². The molecule has 3 rings (SSSR count). The van der Waals surface area contributed by atoms with Crippen molar-refractivity contribution in [1.29, 1.82) is 0 Å². The molecule has 2 unspecified atom stereocenters. The zero-order valence-corrected chi connectivity index (χ0v) is 17.9. The standard InChI is InChI=1S/C26H24N2O4/c1-17(23(29)19-9-5-3-6-10-19)27-25(31)21-13-15-22(16-14-21)26(32)28-18(2)24(30)20-11-7-4-8-12-20/h3-18H,1-2H3,(H,27,31)(H,28,32). The van der Waals surface area contributed by atoms with Gasteiger partial charge < -0.3 is 10.6 Å². The van der Waals surface area contributed by atoms with E-state index in [1.54, 1.807) is 62.4 Å². The molecule has 0 radical (unpaired) electrons. The Morgan fingerprint density at radius 3 is 1.12 bits per heavy atom. The topological polar surface area (TPSA) is 92.3 Å². The molecule has 2 atom stereocenters. The number of carbonyl (C=O) groups excluding carboxylic acids is 4. The zero-order chi connectivity index (χ0) is 23.1. The second-order valence-electron chi connectivity index (χ2n) is 7.43. The summed E-state index contributed by atoms with van der Waals surface area (Å²) in [5.74, 6) is -1.21. The Labute approximate surface area is 186 Å². The van der Waals surface area contributed by atoms with Gasteiger partial charge in [0.1, 0.15) is 0 Å². The lowest BCUT2D eigenvalue weighted by molar-refractivity contribution is 0.0863. The smallest absolute Gasteiger partial charge is 0.251 e. The Kier molecular flexibility index (Phi) is 7.29. The van der Waals surface area contributed by atoms with Crippen LogP contribution < -0.4 is 10.6 Å². The van der Waals surface area contributed by atoms with E-state index in [2.05, 4.69) is 10.6 Å². The number of hydrogen-bond donors (Lipinski definition) is 2. The lowest BCUT2D eigenvalue weighted by Gasteiger charge is -2.14.